The van der Waals surface area contributed by atoms with Crippen molar-refractivity contribution in [3.8, 4) is 11.1 Å². The van der Waals surface area contributed by atoms with Crippen molar-refractivity contribution in [1.29, 1.82) is 0 Å². The summed E-state index contributed by atoms with van der Waals surface area (Å²) < 4.78 is 23.9. The van der Waals surface area contributed by atoms with E-state index in [1.165, 1.54) is 18.2 Å². The SMILES string of the molecule is CC[C@H](C)[C@@H](C(CC(=O)N1CCC[C@H]1[C@H](OC)[C@@H](C)C(=O)N[C@@H](Cc1ccccc1)C(=O)OC(C)(C)C)OC)N(C)C(=O)[C@@H](NC(=O)[C@H](C(C)C)N1CCN(C(=O)OCC2c3ccccc3-c3ccccc32)CC1)C(C)C. The van der Waals surface area contributed by atoms with Gasteiger partial charge in [0, 0.05) is 66.3 Å². The van der Waals surface area contributed by atoms with Gasteiger partial charge in [0.1, 0.15) is 24.3 Å². The summed E-state index contributed by atoms with van der Waals surface area (Å²) in [6.45, 7) is 21.3. The molecule has 0 bridgehead atoms. The van der Waals surface area contributed by atoms with Crippen molar-refractivity contribution in [2.75, 3.05) is 60.6 Å². The number of carbonyl (C=O) groups excluding carboxylic acids is 6. The van der Waals surface area contributed by atoms with Gasteiger partial charge >= 0.3 is 12.1 Å². The Kier molecular flexibility index (Phi) is 21.3. The quantitative estimate of drug-likeness (QED) is 0.0890. The van der Waals surface area contributed by atoms with E-state index in [1.54, 1.807) is 56.6 Å². The van der Waals surface area contributed by atoms with Crippen LogP contribution in [0.5, 0.6) is 0 Å². The number of rotatable bonds is 23. The monoisotopic (exact) mass is 1060 g/mol. The number of ether oxygens (including phenoxy) is 4. The number of methoxy groups -OCH3 is 2. The Hall–Kier alpha value is -5.84. The number of amides is 5. The average Bonchev–Trinajstić information content (AvgIpc) is 4.05. The van der Waals surface area contributed by atoms with E-state index in [0.29, 0.717) is 52.0 Å². The molecule has 16 heteroatoms. The number of likely N-dealkylation sites (tertiary alicyclic amines) is 1. The van der Waals surface area contributed by atoms with Gasteiger partial charge in [-0.2, -0.15) is 0 Å². The lowest BCUT2D eigenvalue weighted by Gasteiger charge is -2.42. The molecule has 1 unspecified atom stereocenters. The lowest BCUT2D eigenvalue weighted by Crippen LogP contribution is -2.62. The molecule has 3 aromatic rings. The third kappa shape index (κ3) is 14.8. The number of esters is 1. The van der Waals surface area contributed by atoms with Crippen LogP contribution >= 0.6 is 0 Å². The van der Waals surface area contributed by atoms with Crippen LogP contribution in [0, 0.1) is 23.7 Å². The molecule has 77 heavy (non-hydrogen) atoms. The Bertz CT molecular complexity index is 2430. The van der Waals surface area contributed by atoms with E-state index in [-0.39, 0.29) is 66.9 Å². The summed E-state index contributed by atoms with van der Waals surface area (Å²) >= 11 is 0. The smallest absolute Gasteiger partial charge is 0.409 e. The molecule has 6 rings (SSSR count). The molecule has 422 valence electrons. The number of likely N-dealkylation sites (N-methyl/N-ethyl adjacent to an activating group) is 1. The van der Waals surface area contributed by atoms with E-state index in [2.05, 4.69) is 39.8 Å². The summed E-state index contributed by atoms with van der Waals surface area (Å²) in [6.07, 6.45) is 0.416. The first-order chi connectivity index (χ1) is 36.6. The summed E-state index contributed by atoms with van der Waals surface area (Å²) in [4.78, 5) is 92.2. The van der Waals surface area contributed by atoms with Crippen LogP contribution in [0.1, 0.15) is 118 Å². The van der Waals surface area contributed by atoms with Crippen molar-refractivity contribution in [3.63, 3.8) is 0 Å². The number of hydrogen-bond acceptors (Lipinski definition) is 11. The zero-order chi connectivity index (χ0) is 56.3. The van der Waals surface area contributed by atoms with Gasteiger partial charge in [0.2, 0.25) is 23.6 Å². The number of fused-ring (bicyclic) bond motifs is 3. The Labute approximate surface area is 458 Å². The molecule has 2 fully saturated rings. The van der Waals surface area contributed by atoms with E-state index in [4.69, 9.17) is 18.9 Å². The Morgan fingerprint density at radius 3 is 1.88 bits per heavy atom. The second-order valence-electron chi connectivity index (χ2n) is 23.1. The summed E-state index contributed by atoms with van der Waals surface area (Å²) in [5.41, 5.74) is 4.73. The van der Waals surface area contributed by atoms with Crippen LogP contribution in [0.3, 0.4) is 0 Å². The lowest BCUT2D eigenvalue weighted by molar-refractivity contribution is -0.159. The lowest BCUT2D eigenvalue weighted by atomic mass is 9.89. The van der Waals surface area contributed by atoms with Gasteiger partial charge in [0.05, 0.1) is 42.7 Å². The molecule has 0 aromatic heterocycles. The summed E-state index contributed by atoms with van der Waals surface area (Å²) in [5, 5.41) is 6.10. The first kappa shape index (κ1) is 60.4. The topological polar surface area (TPSA) is 176 Å². The first-order valence-electron chi connectivity index (χ1n) is 27.9. The van der Waals surface area contributed by atoms with E-state index >= 15 is 0 Å². The molecule has 2 saturated heterocycles. The summed E-state index contributed by atoms with van der Waals surface area (Å²) in [6, 6.07) is 22.6. The fraction of sp³-hybridized carbons (Fsp3) is 0.607. The van der Waals surface area contributed by atoms with Crippen LogP contribution in [0.25, 0.3) is 11.1 Å². The van der Waals surface area contributed by atoms with Crippen LogP contribution in [-0.2, 0) is 49.3 Å². The number of carbonyl (C=O) groups is 6. The maximum absolute atomic E-state index is 14.8. The van der Waals surface area contributed by atoms with Crippen molar-refractivity contribution in [1.82, 2.24) is 30.2 Å². The molecule has 0 radical (unpaired) electrons. The third-order valence-corrected chi connectivity index (χ3v) is 16.0. The minimum atomic E-state index is -0.947. The summed E-state index contributed by atoms with van der Waals surface area (Å²) in [5.74, 6) is -2.94. The normalized spacial score (nSPS) is 19.0. The van der Waals surface area contributed by atoms with Crippen molar-refractivity contribution in [3.05, 3.63) is 95.6 Å². The fourth-order valence-electron chi connectivity index (χ4n) is 11.8. The number of hydrogen-bond donors (Lipinski definition) is 2. The van der Waals surface area contributed by atoms with Gasteiger partial charge in [-0.3, -0.25) is 24.1 Å². The standard InChI is InChI=1S/C61H88N6O10/c1-14-40(6)54(50(74-12)36-51(68)67-30-22-29-49(67)55(75-13)41(7)56(69)62-48(59(72)77-61(8,9)10)35-42-23-16-15-17-24-42)64(11)58(71)52(38(2)3)63-57(70)53(39(4)5)65-31-33-66(34-32-65)60(73)76-37-47-45-27-20-18-25-43(45)44-26-19-21-28-46(44)47/h15-21,23-28,38-41,47-50,52-55H,14,22,29-37H2,1-13H3,(H,62,69)(H,63,70)/t40-,41+,48-,49-,50?,52-,53-,54-,55+/m0/s1. The number of nitrogens with one attached hydrogen (secondary N) is 2. The van der Waals surface area contributed by atoms with Gasteiger partial charge in [0.15, 0.2) is 0 Å². The molecule has 5 amide bonds. The molecular formula is C61H88N6O10. The minimum absolute atomic E-state index is 0.0371. The van der Waals surface area contributed by atoms with Crippen molar-refractivity contribution >= 4 is 35.7 Å². The highest BCUT2D eigenvalue weighted by Crippen LogP contribution is 2.44. The van der Waals surface area contributed by atoms with Gasteiger partial charge in [0.25, 0.3) is 0 Å². The predicted octanol–water partition coefficient (Wildman–Crippen LogP) is 7.71. The van der Waals surface area contributed by atoms with Crippen LogP contribution in [0.4, 0.5) is 4.79 Å². The molecule has 2 heterocycles. The molecule has 2 N–H and O–H groups in total. The zero-order valence-electron chi connectivity index (χ0n) is 48.1. The van der Waals surface area contributed by atoms with Gasteiger partial charge in [-0.15, -0.1) is 0 Å². The highest BCUT2D eigenvalue weighted by atomic mass is 16.6. The van der Waals surface area contributed by atoms with E-state index in [9.17, 15) is 28.8 Å². The van der Waals surface area contributed by atoms with Crippen LogP contribution in [-0.4, -0.2) is 164 Å². The molecule has 3 aliphatic rings. The Morgan fingerprint density at radius 2 is 1.34 bits per heavy atom. The highest BCUT2D eigenvalue weighted by Gasteiger charge is 2.44. The van der Waals surface area contributed by atoms with Crippen LogP contribution in [0.15, 0.2) is 78.9 Å². The van der Waals surface area contributed by atoms with Crippen molar-refractivity contribution in [2.24, 2.45) is 23.7 Å². The number of piperazine rings is 1. The summed E-state index contributed by atoms with van der Waals surface area (Å²) in [7, 11) is 4.81. The third-order valence-electron chi connectivity index (χ3n) is 16.0. The Morgan fingerprint density at radius 1 is 0.740 bits per heavy atom. The van der Waals surface area contributed by atoms with Gasteiger partial charge in [-0.1, -0.05) is 134 Å². The fourth-order valence-corrected chi connectivity index (χ4v) is 11.8. The van der Waals surface area contributed by atoms with E-state index < -0.39 is 65.8 Å². The molecule has 0 spiro atoms. The molecule has 9 atom stereocenters. The van der Waals surface area contributed by atoms with Crippen LogP contribution in [0.2, 0.25) is 0 Å². The number of benzene rings is 3. The van der Waals surface area contributed by atoms with Crippen molar-refractivity contribution in [2.45, 2.75) is 155 Å². The highest BCUT2D eigenvalue weighted by molar-refractivity contribution is 5.90. The molecule has 2 aliphatic heterocycles. The van der Waals surface area contributed by atoms with Gasteiger partial charge in [-0.25, -0.2) is 9.59 Å². The first-order valence-corrected chi connectivity index (χ1v) is 27.9. The minimum Gasteiger partial charge on any atom is -0.458 e. The van der Waals surface area contributed by atoms with Crippen molar-refractivity contribution < 1.29 is 47.7 Å². The molecular weight excluding hydrogens is 977 g/mol. The Balaban J connectivity index is 1.08. The predicted molar refractivity (Wildman–Crippen MR) is 298 cm³/mol. The second-order valence-corrected chi connectivity index (χ2v) is 23.1. The molecule has 16 nitrogen and oxygen atoms in total. The number of nitrogens with zero attached hydrogens (tertiary/aromatic N) is 4. The van der Waals surface area contributed by atoms with Gasteiger partial charge in [-0.05, 0) is 79.2 Å². The van der Waals surface area contributed by atoms with Gasteiger partial charge < -0.3 is 44.3 Å². The maximum Gasteiger partial charge on any atom is 0.409 e. The molecule has 1 aliphatic carbocycles. The molecule has 3 aromatic carbocycles. The van der Waals surface area contributed by atoms with E-state index in [0.717, 1.165) is 16.7 Å². The van der Waals surface area contributed by atoms with Crippen LogP contribution < -0.4 is 10.6 Å². The maximum atomic E-state index is 14.8. The second kappa shape index (κ2) is 27.2. The average molecular weight is 1070 g/mol. The van der Waals surface area contributed by atoms with E-state index in [1.807, 2.05) is 96.1 Å². The zero-order valence-corrected chi connectivity index (χ0v) is 48.1. The molecule has 0 saturated carbocycles. The largest absolute Gasteiger partial charge is 0.458 e.